The van der Waals surface area contributed by atoms with Gasteiger partial charge >= 0.3 is 0 Å². The van der Waals surface area contributed by atoms with Gasteiger partial charge in [-0.3, -0.25) is 0 Å². The molecule has 0 N–H and O–H groups in total. The van der Waals surface area contributed by atoms with Crippen molar-refractivity contribution < 1.29 is 0 Å². The molecule has 1 heterocycles. The highest BCUT2D eigenvalue weighted by molar-refractivity contribution is 8.00. The maximum Gasteiger partial charge on any atom is 0.116 e. The Morgan fingerprint density at radius 1 is 1.28 bits per heavy atom. The predicted molar refractivity (Wildman–Crippen MR) is 73.7 cm³/mol. The van der Waals surface area contributed by atoms with Crippen molar-refractivity contribution in [3.63, 3.8) is 0 Å². The van der Waals surface area contributed by atoms with Gasteiger partial charge in [-0.15, -0.1) is 11.8 Å². The molecular weight excluding hydrogens is 262 g/mol. The van der Waals surface area contributed by atoms with Crippen LogP contribution in [0.4, 0.5) is 0 Å². The lowest BCUT2D eigenvalue weighted by Gasteiger charge is -2.07. The number of benzene rings is 1. The monoisotopic (exact) mass is 273 g/mol. The normalized spacial score (nSPS) is 10.0. The Bertz CT molecular complexity index is 564. The zero-order valence-corrected chi connectivity index (χ0v) is 11.5. The number of nitrogens with zero attached hydrogens (tertiary/aromatic N) is 3. The van der Waals surface area contributed by atoms with Crippen LogP contribution in [-0.4, -0.2) is 15.7 Å². The van der Waals surface area contributed by atoms with Crippen LogP contribution in [0.5, 0.6) is 0 Å². The molecule has 90 valence electrons. The molecule has 0 bridgehead atoms. The van der Waals surface area contributed by atoms with E-state index >= 15 is 0 Å². The summed E-state index contributed by atoms with van der Waals surface area (Å²) < 4.78 is 0. The van der Waals surface area contributed by atoms with E-state index in [1.54, 1.807) is 18.0 Å². The third kappa shape index (κ3) is 3.03. The topological polar surface area (TPSA) is 49.6 Å². The molecule has 1 aromatic carbocycles. The number of hydrogen-bond acceptors (Lipinski definition) is 5. The van der Waals surface area contributed by atoms with Crippen molar-refractivity contribution in [1.29, 1.82) is 5.26 Å². The molecule has 0 unspecified atom stereocenters. The van der Waals surface area contributed by atoms with Gasteiger partial charge in [-0.1, -0.05) is 24.8 Å². The number of hydrogen-bond donors (Lipinski definition) is 0. The van der Waals surface area contributed by atoms with Crippen molar-refractivity contribution in [2.75, 3.05) is 5.75 Å². The van der Waals surface area contributed by atoms with E-state index < -0.39 is 0 Å². The van der Waals surface area contributed by atoms with E-state index in [4.69, 9.17) is 0 Å². The van der Waals surface area contributed by atoms with E-state index in [0.29, 0.717) is 0 Å². The average molecular weight is 273 g/mol. The lowest BCUT2D eigenvalue weighted by Crippen LogP contribution is -1.87. The van der Waals surface area contributed by atoms with Gasteiger partial charge in [0, 0.05) is 16.0 Å². The summed E-state index contributed by atoms with van der Waals surface area (Å²) in [5.74, 6) is 0.955. The molecule has 0 aliphatic carbocycles. The molecule has 0 aliphatic heterocycles. The summed E-state index contributed by atoms with van der Waals surface area (Å²) in [6.07, 6.45) is 3.21. The molecule has 0 fully saturated rings. The molecule has 0 saturated carbocycles. The second kappa shape index (κ2) is 6.43. The average Bonchev–Trinajstić information content (AvgIpc) is 2.41. The second-order valence-electron chi connectivity index (χ2n) is 3.32. The zero-order chi connectivity index (χ0) is 12.8. The van der Waals surface area contributed by atoms with Gasteiger partial charge in [-0.05, 0) is 24.0 Å². The van der Waals surface area contributed by atoms with Crippen LogP contribution in [0, 0.1) is 11.3 Å². The molecule has 0 atom stereocenters. The highest BCUT2D eigenvalue weighted by atomic mass is 32.2. The van der Waals surface area contributed by atoms with Crippen molar-refractivity contribution in [2.24, 2.45) is 0 Å². The van der Waals surface area contributed by atoms with Gasteiger partial charge in [0.2, 0.25) is 0 Å². The highest BCUT2D eigenvalue weighted by Crippen LogP contribution is 2.33. The minimum atomic E-state index is 0.730. The van der Waals surface area contributed by atoms with Gasteiger partial charge in [-0.2, -0.15) is 5.26 Å². The first-order valence-corrected chi connectivity index (χ1v) is 7.25. The fourth-order valence-corrected chi connectivity index (χ4v) is 3.14. The zero-order valence-electron chi connectivity index (χ0n) is 9.83. The van der Waals surface area contributed by atoms with Gasteiger partial charge in [0.1, 0.15) is 17.4 Å². The minimum absolute atomic E-state index is 0.730. The molecule has 3 nitrogen and oxygen atoms in total. The van der Waals surface area contributed by atoms with Gasteiger partial charge in [0.05, 0.1) is 5.56 Å². The molecule has 0 radical (unpaired) electrons. The van der Waals surface area contributed by atoms with Crippen LogP contribution in [0.25, 0.3) is 0 Å². The number of rotatable bonds is 4. The van der Waals surface area contributed by atoms with Crippen molar-refractivity contribution in [3.8, 4) is 6.07 Å². The Kier molecular flexibility index (Phi) is 4.62. The fraction of sp³-hybridized carbons (Fsp3) is 0.154. The fourth-order valence-electron chi connectivity index (χ4n) is 1.43. The SMILES string of the molecule is CCSc1cccc(Sc2ccncn2)c1C#N. The molecule has 2 rings (SSSR count). The number of aromatic nitrogens is 2. The molecule has 2 aromatic rings. The van der Waals surface area contributed by atoms with Crippen LogP contribution in [0.15, 0.2) is 51.6 Å². The Labute approximate surface area is 115 Å². The van der Waals surface area contributed by atoms with Crippen LogP contribution < -0.4 is 0 Å². The summed E-state index contributed by atoms with van der Waals surface area (Å²) in [5.41, 5.74) is 0.730. The molecule has 0 saturated heterocycles. The summed E-state index contributed by atoms with van der Waals surface area (Å²) in [5, 5.41) is 10.1. The minimum Gasteiger partial charge on any atom is -0.245 e. The molecule has 5 heteroatoms. The largest absolute Gasteiger partial charge is 0.245 e. The van der Waals surface area contributed by atoms with E-state index in [1.165, 1.54) is 18.1 Å². The summed E-state index contributed by atoms with van der Waals surface area (Å²) >= 11 is 3.17. The van der Waals surface area contributed by atoms with Gasteiger partial charge in [0.25, 0.3) is 0 Å². The van der Waals surface area contributed by atoms with E-state index in [2.05, 4.69) is 23.0 Å². The number of nitriles is 1. The Morgan fingerprint density at radius 2 is 2.11 bits per heavy atom. The van der Waals surface area contributed by atoms with Gasteiger partial charge in [0.15, 0.2) is 0 Å². The third-order valence-electron chi connectivity index (χ3n) is 2.17. The molecule has 18 heavy (non-hydrogen) atoms. The Balaban J connectivity index is 2.34. The van der Waals surface area contributed by atoms with E-state index in [9.17, 15) is 5.26 Å². The van der Waals surface area contributed by atoms with Crippen molar-refractivity contribution >= 4 is 23.5 Å². The molecule has 0 spiro atoms. The summed E-state index contributed by atoms with van der Waals surface area (Å²) in [6.45, 7) is 2.08. The molecule has 0 aliphatic rings. The van der Waals surface area contributed by atoms with Gasteiger partial charge in [-0.25, -0.2) is 9.97 Å². The molecular formula is C13H11N3S2. The molecule has 1 aromatic heterocycles. The lowest BCUT2D eigenvalue weighted by atomic mass is 10.2. The maximum absolute atomic E-state index is 9.29. The first-order valence-electron chi connectivity index (χ1n) is 5.45. The Morgan fingerprint density at radius 3 is 2.78 bits per heavy atom. The van der Waals surface area contributed by atoms with Crippen LogP contribution in [0.3, 0.4) is 0 Å². The van der Waals surface area contributed by atoms with Crippen LogP contribution in [-0.2, 0) is 0 Å². The van der Waals surface area contributed by atoms with Gasteiger partial charge < -0.3 is 0 Å². The second-order valence-corrected chi connectivity index (χ2v) is 5.69. The highest BCUT2D eigenvalue weighted by Gasteiger charge is 2.09. The molecule has 0 amide bonds. The quantitative estimate of drug-likeness (QED) is 0.629. The van der Waals surface area contributed by atoms with Crippen molar-refractivity contribution in [3.05, 3.63) is 42.4 Å². The Hall–Kier alpha value is -1.51. The summed E-state index contributed by atoms with van der Waals surface area (Å²) in [4.78, 5) is 10.0. The first kappa shape index (κ1) is 12.9. The van der Waals surface area contributed by atoms with Crippen LogP contribution in [0.1, 0.15) is 12.5 Å². The summed E-state index contributed by atoms with van der Waals surface area (Å²) in [7, 11) is 0. The smallest absolute Gasteiger partial charge is 0.116 e. The first-order chi connectivity index (χ1) is 8.85. The predicted octanol–water partition coefficient (Wildman–Crippen LogP) is 3.61. The van der Waals surface area contributed by atoms with Crippen LogP contribution in [0.2, 0.25) is 0 Å². The van der Waals surface area contributed by atoms with Crippen molar-refractivity contribution in [1.82, 2.24) is 9.97 Å². The summed E-state index contributed by atoms with van der Waals surface area (Å²) in [6, 6.07) is 10.0. The standard InChI is InChI=1S/C13H11N3S2/c1-2-17-11-4-3-5-12(10(11)8-14)18-13-6-7-15-9-16-13/h3-7,9H,2H2,1H3. The number of thioether (sulfide) groups is 1. The third-order valence-corrected chi connectivity index (χ3v) is 4.12. The maximum atomic E-state index is 9.29. The van der Waals surface area contributed by atoms with E-state index in [-0.39, 0.29) is 0 Å². The van der Waals surface area contributed by atoms with E-state index in [1.807, 2.05) is 24.3 Å². The van der Waals surface area contributed by atoms with Crippen molar-refractivity contribution in [2.45, 2.75) is 21.7 Å². The van der Waals surface area contributed by atoms with Crippen LogP contribution >= 0.6 is 23.5 Å². The van der Waals surface area contributed by atoms with E-state index in [0.717, 1.165) is 26.1 Å². The lowest BCUT2D eigenvalue weighted by molar-refractivity contribution is 1.04.